The van der Waals surface area contributed by atoms with Gasteiger partial charge in [-0.1, -0.05) is 0 Å². The number of carbonyl (C=O) groups excluding carboxylic acids is 4. The fourth-order valence-corrected chi connectivity index (χ4v) is 1.55. The molecular weight excluding hydrogens is 819 g/mol. The zero-order valence-corrected chi connectivity index (χ0v) is 38.9. The van der Waals surface area contributed by atoms with Crippen LogP contribution in [0.3, 0.4) is 0 Å². The molecule has 23 nitrogen and oxygen atoms in total. The van der Waals surface area contributed by atoms with Gasteiger partial charge in [-0.3, -0.25) is 40.4 Å². The molecule has 0 heterocycles. The second kappa shape index (κ2) is 43.3. The van der Waals surface area contributed by atoms with Crippen LogP contribution in [-0.4, -0.2) is 128 Å². The van der Waals surface area contributed by atoms with Crippen molar-refractivity contribution in [3.05, 3.63) is 0 Å². The van der Waals surface area contributed by atoms with E-state index in [1.165, 1.54) is 27.7 Å². The summed E-state index contributed by atoms with van der Waals surface area (Å²) in [6, 6.07) is 0. The first-order valence-electron chi connectivity index (χ1n) is 16.1. The third-order valence-corrected chi connectivity index (χ3v) is 6.61. The lowest BCUT2D eigenvalue weighted by atomic mass is 10.3. The van der Waals surface area contributed by atoms with Crippen LogP contribution in [0.25, 0.3) is 0 Å². The Bertz CT molecular complexity index is 1450. The smallest absolute Gasteiger partial charge is 0.216 e. The highest BCUT2D eigenvalue weighted by molar-refractivity contribution is 7.80. The maximum absolute atomic E-state index is 10.6. The van der Waals surface area contributed by atoms with Crippen molar-refractivity contribution in [3.63, 3.8) is 0 Å². The van der Waals surface area contributed by atoms with Gasteiger partial charge in [0.1, 0.15) is 5.71 Å². The fraction of sp³-hybridized carbons (Fsp3) is 0.533. The number of nitrogens with zero attached hydrogens (tertiary/aromatic N) is 6. The summed E-state index contributed by atoms with van der Waals surface area (Å²) in [6.45, 7) is 14.3. The van der Waals surface area contributed by atoms with E-state index in [9.17, 15) is 19.2 Å². The molecule has 57 heavy (non-hydrogen) atoms. The minimum Gasteiger partial charge on any atom is -0.365 e. The fourth-order valence-electron chi connectivity index (χ4n) is 1.41. The molecule has 0 aromatic rings. The zero-order valence-electron chi connectivity index (χ0n) is 35.6. The Labute approximate surface area is 357 Å². The minimum absolute atomic E-state index is 0.00463. The SMILES string of the molecule is CC(=O)C(C)=O.CN=C(NC)N/N=C(C)/C(C)=N/NC(=S)NC.CNC(=S)N/N=C(\C)C(C)=NN.CNC(=S)N/N=C(\C)C(C)=O.CNC(=S)NN.CNC(C)=O. The number of hydrazine groups is 1. The van der Waals surface area contributed by atoms with Crippen LogP contribution in [0.5, 0.6) is 0 Å². The number of rotatable bonds is 8. The molecular formula is C30H63N19O4S4. The summed E-state index contributed by atoms with van der Waals surface area (Å²) in [5.74, 6) is 9.62. The number of aliphatic imine (C=N–C) groups is 1. The van der Waals surface area contributed by atoms with Crippen molar-refractivity contribution >= 4 is 127 Å². The summed E-state index contributed by atoms with van der Waals surface area (Å²) in [4.78, 5) is 43.8. The number of guanidine groups is 1. The number of ketones is 3. The lowest BCUT2D eigenvalue weighted by Gasteiger charge is -2.06. The average Bonchev–Trinajstić information content (AvgIpc) is 3.20. The molecule has 0 unspecified atom stereocenters. The van der Waals surface area contributed by atoms with E-state index in [0.29, 0.717) is 43.5 Å². The molecule has 0 aliphatic heterocycles. The van der Waals surface area contributed by atoms with Crippen LogP contribution >= 0.6 is 48.9 Å². The van der Waals surface area contributed by atoms with Crippen molar-refractivity contribution in [2.45, 2.75) is 62.3 Å². The molecule has 0 saturated carbocycles. The van der Waals surface area contributed by atoms with Crippen molar-refractivity contribution in [3.8, 4) is 0 Å². The molecule has 0 spiro atoms. The molecule has 27 heteroatoms. The van der Waals surface area contributed by atoms with E-state index in [0.717, 1.165) is 11.4 Å². The first-order chi connectivity index (χ1) is 26.5. The van der Waals surface area contributed by atoms with E-state index in [4.69, 9.17) is 48.3 Å². The number of Topliss-reactive ketones (excluding diaryl/α,β-unsaturated/α-hetero) is 3. The molecule has 15 N–H and O–H groups in total. The monoisotopic (exact) mass is 881 g/mol. The number of carbonyl (C=O) groups is 4. The third-order valence-electron chi connectivity index (χ3n) is 5.40. The highest BCUT2D eigenvalue weighted by Gasteiger charge is 1.99. The van der Waals surface area contributed by atoms with Gasteiger partial charge in [0.25, 0.3) is 0 Å². The van der Waals surface area contributed by atoms with Gasteiger partial charge in [-0.15, -0.1) is 0 Å². The average molecular weight is 882 g/mol. The molecule has 0 bridgehead atoms. The van der Waals surface area contributed by atoms with E-state index in [1.54, 1.807) is 70.1 Å². The lowest BCUT2D eigenvalue weighted by molar-refractivity contribution is -0.134. The van der Waals surface area contributed by atoms with Crippen LogP contribution in [0.15, 0.2) is 30.5 Å². The molecule has 0 aromatic heterocycles. The van der Waals surface area contributed by atoms with Crippen molar-refractivity contribution in [2.24, 2.45) is 42.2 Å². The van der Waals surface area contributed by atoms with E-state index in [1.807, 2.05) is 13.8 Å². The van der Waals surface area contributed by atoms with E-state index >= 15 is 0 Å². The maximum atomic E-state index is 10.6. The predicted molar refractivity (Wildman–Crippen MR) is 250 cm³/mol. The Balaban J connectivity index is -0.000000145. The number of thiocarbonyl (C=S) groups is 4. The molecule has 0 atom stereocenters. The number of nitrogens with two attached hydrogens (primary N) is 2. The second-order valence-electron chi connectivity index (χ2n) is 9.71. The van der Waals surface area contributed by atoms with Gasteiger partial charge in [0.15, 0.2) is 37.8 Å². The number of hydrogen-bond acceptors (Lipinski definition) is 16. The van der Waals surface area contributed by atoms with Crippen molar-refractivity contribution < 1.29 is 19.2 Å². The van der Waals surface area contributed by atoms with Crippen molar-refractivity contribution in [1.29, 1.82) is 0 Å². The van der Waals surface area contributed by atoms with Gasteiger partial charge in [0.05, 0.1) is 22.8 Å². The highest BCUT2D eigenvalue weighted by atomic mass is 32.1. The molecule has 326 valence electrons. The second-order valence-corrected chi connectivity index (χ2v) is 11.3. The number of nitrogens with one attached hydrogen (secondary N) is 11. The molecule has 0 rings (SSSR count). The van der Waals surface area contributed by atoms with Crippen LogP contribution in [0, 0.1) is 0 Å². The van der Waals surface area contributed by atoms with Gasteiger partial charge < -0.3 is 43.2 Å². The summed E-state index contributed by atoms with van der Waals surface area (Å²) in [5.41, 5.74) is 16.0. The summed E-state index contributed by atoms with van der Waals surface area (Å²) >= 11 is 18.9. The summed E-state index contributed by atoms with van der Waals surface area (Å²) in [7, 11) is 11.8. The quantitative estimate of drug-likeness (QED) is 0.0324. The Hall–Kier alpha value is -5.38. The van der Waals surface area contributed by atoms with Crippen LogP contribution in [0.2, 0.25) is 0 Å². The standard InChI is InChI=1S/C9H19N7S.C6H13N5S.C6H11N3OS.C4H6O2.C3H7NO.C2H7N3S/c1-6(13-15-8(10-3)11-4)7(2)14-16-9(17)12-5;1-4(9-7)5(2)10-11-6(12)8-3;1-4(5(2)10)8-9-6(11)7-3;1-3(5)4(2)6;1-3(5)4-2;1-4-2(6)5-3/h1-5H3,(H2,10,11,15)(H2,12,16,17);7H2,1-3H3,(H2,8,11,12);1-3H3,(H2,7,9,11);1-2H3;1-2H3,(H,4,5);3H2,1H3,(H2,4,5,6)/b13-6+,14-7+;9-4?,10-5+;8-4+;;;. The molecule has 0 aliphatic rings. The van der Waals surface area contributed by atoms with Crippen LogP contribution in [-0.2, 0) is 19.2 Å². The zero-order chi connectivity index (χ0) is 46.1. The molecule has 0 radical (unpaired) electrons. The van der Waals surface area contributed by atoms with Gasteiger partial charge in [-0.05, 0) is 83.5 Å². The normalized spacial score (nSPS) is 10.8. The van der Waals surface area contributed by atoms with Crippen molar-refractivity contribution in [1.82, 2.24) is 59.0 Å². The van der Waals surface area contributed by atoms with Gasteiger partial charge >= 0.3 is 0 Å². The molecule has 0 fully saturated rings. The topological polar surface area (TPSA) is 327 Å². The number of amides is 1. The molecule has 0 aromatic carbocycles. The Kier molecular flexibility index (Phi) is 48.3. The minimum atomic E-state index is -0.380. The molecule has 1 amide bonds. The van der Waals surface area contributed by atoms with Gasteiger partial charge in [-0.25, -0.2) is 11.3 Å². The van der Waals surface area contributed by atoms with E-state index in [-0.39, 0.29) is 23.3 Å². The van der Waals surface area contributed by atoms with E-state index in [2.05, 4.69) is 102 Å². The van der Waals surface area contributed by atoms with Crippen molar-refractivity contribution in [2.75, 3.05) is 49.3 Å². The summed E-state index contributed by atoms with van der Waals surface area (Å²) < 4.78 is 0. The summed E-state index contributed by atoms with van der Waals surface area (Å²) in [6.07, 6.45) is 0. The Morgan fingerprint density at radius 2 is 0.737 bits per heavy atom. The summed E-state index contributed by atoms with van der Waals surface area (Å²) in [5, 5.41) is 37.0. The van der Waals surface area contributed by atoms with Crippen LogP contribution in [0.1, 0.15) is 62.3 Å². The maximum Gasteiger partial charge on any atom is 0.216 e. The van der Waals surface area contributed by atoms with Gasteiger partial charge in [-0.2, -0.15) is 25.5 Å². The Morgan fingerprint density at radius 1 is 0.439 bits per heavy atom. The number of hydrogen-bond donors (Lipinski definition) is 13. The van der Waals surface area contributed by atoms with E-state index < -0.39 is 0 Å². The predicted octanol–water partition coefficient (Wildman–Crippen LogP) is -1.67. The third kappa shape index (κ3) is 50.6. The number of hydrazone groups is 5. The van der Waals surface area contributed by atoms with Gasteiger partial charge in [0.2, 0.25) is 11.9 Å². The molecule has 0 aliphatic carbocycles. The highest BCUT2D eigenvalue weighted by Crippen LogP contribution is 1.83. The van der Waals surface area contributed by atoms with Crippen LogP contribution < -0.4 is 70.7 Å². The first-order valence-corrected chi connectivity index (χ1v) is 17.7. The van der Waals surface area contributed by atoms with Gasteiger partial charge in [0, 0.05) is 77.0 Å². The first kappa shape index (κ1) is 63.6. The lowest BCUT2D eigenvalue weighted by Crippen LogP contribution is -2.37. The van der Waals surface area contributed by atoms with Crippen LogP contribution in [0.4, 0.5) is 0 Å². The molecule has 0 saturated heterocycles. The Morgan fingerprint density at radius 3 is 0.930 bits per heavy atom. The largest absolute Gasteiger partial charge is 0.365 e.